The molecule has 0 aromatic heterocycles. The summed E-state index contributed by atoms with van der Waals surface area (Å²) in [6.07, 6.45) is -0.466. The van der Waals surface area contributed by atoms with Crippen molar-refractivity contribution in [2.75, 3.05) is 7.11 Å². The van der Waals surface area contributed by atoms with Gasteiger partial charge in [-0.15, -0.1) is 0 Å². The molecule has 0 spiro atoms. The highest BCUT2D eigenvalue weighted by Gasteiger charge is 2.15. The molecule has 0 aliphatic heterocycles. The third kappa shape index (κ3) is 5.96. The van der Waals surface area contributed by atoms with Crippen LogP contribution in [0, 0.1) is 5.82 Å². The molecule has 3 N–H and O–H groups in total. The third-order valence-electron chi connectivity index (χ3n) is 2.58. The van der Waals surface area contributed by atoms with Gasteiger partial charge in [0, 0.05) is 13.7 Å². The van der Waals surface area contributed by atoms with Gasteiger partial charge in [-0.2, -0.15) is 0 Å². The Labute approximate surface area is 110 Å². The van der Waals surface area contributed by atoms with Gasteiger partial charge in [-0.1, -0.05) is 12.1 Å². The molecule has 5 nitrogen and oxygen atoms in total. The number of carbonyl (C=O) groups is 2. The van der Waals surface area contributed by atoms with Crippen LogP contribution in [-0.2, 0) is 20.9 Å². The van der Waals surface area contributed by atoms with Crippen LogP contribution in [0.5, 0.6) is 0 Å². The highest BCUT2D eigenvalue weighted by atomic mass is 19.1. The van der Waals surface area contributed by atoms with Crippen molar-refractivity contribution >= 4 is 11.8 Å². The fraction of sp³-hybridized carbons (Fsp3) is 0.385. The third-order valence-corrected chi connectivity index (χ3v) is 2.58. The van der Waals surface area contributed by atoms with Gasteiger partial charge in [0.05, 0.1) is 18.9 Å². The molecule has 0 saturated heterocycles. The van der Waals surface area contributed by atoms with Crippen LogP contribution in [0.25, 0.3) is 0 Å². The molecule has 6 heteroatoms. The van der Waals surface area contributed by atoms with Crippen LogP contribution in [0.3, 0.4) is 0 Å². The average molecular weight is 268 g/mol. The molecular weight excluding hydrogens is 251 g/mol. The quantitative estimate of drug-likeness (QED) is 0.764. The van der Waals surface area contributed by atoms with Crippen molar-refractivity contribution < 1.29 is 18.7 Å². The number of benzene rings is 1. The number of rotatable bonds is 7. The van der Waals surface area contributed by atoms with E-state index in [-0.39, 0.29) is 24.6 Å². The Morgan fingerprint density at radius 1 is 1.32 bits per heavy atom. The standard InChI is InChI=1S/C13H17FN2O3/c1-19-11(6-12(15)17)7-13(18)16-8-9-2-4-10(14)5-3-9/h2-5,11H,6-8H2,1H3,(H2,15,17)(H,16,18)/t11-/m1/s1. The topological polar surface area (TPSA) is 81.4 Å². The van der Waals surface area contributed by atoms with Crippen molar-refractivity contribution in [3.05, 3.63) is 35.6 Å². The zero-order valence-electron chi connectivity index (χ0n) is 10.7. The summed E-state index contributed by atoms with van der Waals surface area (Å²) in [5.41, 5.74) is 5.83. The summed E-state index contributed by atoms with van der Waals surface area (Å²) in [6.45, 7) is 0.298. The first-order chi connectivity index (χ1) is 9.01. The first-order valence-corrected chi connectivity index (χ1v) is 5.83. The van der Waals surface area contributed by atoms with E-state index in [1.54, 1.807) is 12.1 Å². The van der Waals surface area contributed by atoms with E-state index < -0.39 is 12.0 Å². The fourth-order valence-electron chi connectivity index (χ4n) is 1.55. The van der Waals surface area contributed by atoms with Crippen molar-refractivity contribution in [3.63, 3.8) is 0 Å². The number of primary amides is 1. The number of hydrogen-bond donors (Lipinski definition) is 2. The fourth-order valence-corrected chi connectivity index (χ4v) is 1.55. The summed E-state index contributed by atoms with van der Waals surface area (Å²) in [6, 6.07) is 5.83. The second-order valence-corrected chi connectivity index (χ2v) is 4.14. The summed E-state index contributed by atoms with van der Waals surface area (Å²) in [5, 5.41) is 2.66. The molecular formula is C13H17FN2O3. The lowest BCUT2D eigenvalue weighted by molar-refractivity contribution is -0.125. The largest absolute Gasteiger partial charge is 0.380 e. The summed E-state index contributed by atoms with van der Waals surface area (Å²) >= 11 is 0. The summed E-state index contributed by atoms with van der Waals surface area (Å²) < 4.78 is 17.7. The Hall–Kier alpha value is -1.95. The Morgan fingerprint density at radius 3 is 2.47 bits per heavy atom. The minimum Gasteiger partial charge on any atom is -0.380 e. The smallest absolute Gasteiger partial charge is 0.222 e. The lowest BCUT2D eigenvalue weighted by Gasteiger charge is -2.13. The molecule has 104 valence electrons. The van der Waals surface area contributed by atoms with E-state index in [1.807, 2.05) is 0 Å². The van der Waals surface area contributed by atoms with Crippen LogP contribution in [0.2, 0.25) is 0 Å². The molecule has 1 rings (SSSR count). The maximum absolute atomic E-state index is 12.7. The lowest BCUT2D eigenvalue weighted by atomic mass is 10.1. The Bertz CT molecular complexity index is 434. The number of methoxy groups -OCH3 is 1. The molecule has 1 aromatic rings. The van der Waals surface area contributed by atoms with Crippen LogP contribution in [0.1, 0.15) is 18.4 Å². The molecule has 19 heavy (non-hydrogen) atoms. The average Bonchev–Trinajstić information content (AvgIpc) is 2.36. The van der Waals surface area contributed by atoms with Gasteiger partial charge in [0.1, 0.15) is 5.82 Å². The number of halogens is 1. The normalized spacial score (nSPS) is 11.9. The van der Waals surface area contributed by atoms with Crippen LogP contribution in [0.15, 0.2) is 24.3 Å². The van der Waals surface area contributed by atoms with E-state index in [2.05, 4.69) is 5.32 Å². The van der Waals surface area contributed by atoms with Crippen LogP contribution in [0.4, 0.5) is 4.39 Å². The SMILES string of the molecule is CO[C@H](CC(N)=O)CC(=O)NCc1ccc(F)cc1. The van der Waals surface area contributed by atoms with E-state index in [9.17, 15) is 14.0 Å². The number of amides is 2. The molecule has 0 unspecified atom stereocenters. The van der Waals surface area contributed by atoms with E-state index in [0.717, 1.165) is 5.56 Å². The molecule has 1 atom stereocenters. The zero-order valence-corrected chi connectivity index (χ0v) is 10.7. The van der Waals surface area contributed by atoms with Gasteiger partial charge in [0.2, 0.25) is 11.8 Å². The van der Waals surface area contributed by atoms with Gasteiger partial charge >= 0.3 is 0 Å². The number of nitrogens with two attached hydrogens (primary N) is 1. The maximum atomic E-state index is 12.7. The molecule has 0 radical (unpaired) electrons. The van der Waals surface area contributed by atoms with Crippen molar-refractivity contribution in [2.45, 2.75) is 25.5 Å². The van der Waals surface area contributed by atoms with Crippen molar-refractivity contribution in [1.29, 1.82) is 0 Å². The maximum Gasteiger partial charge on any atom is 0.222 e. The van der Waals surface area contributed by atoms with Crippen LogP contribution in [-0.4, -0.2) is 25.0 Å². The first-order valence-electron chi connectivity index (χ1n) is 5.83. The van der Waals surface area contributed by atoms with Gasteiger partial charge in [-0.25, -0.2) is 4.39 Å². The van der Waals surface area contributed by atoms with Gasteiger partial charge in [0.25, 0.3) is 0 Å². The monoisotopic (exact) mass is 268 g/mol. The molecule has 0 fully saturated rings. The molecule has 0 aliphatic rings. The summed E-state index contributed by atoms with van der Waals surface area (Å²) in [4.78, 5) is 22.4. The molecule has 0 aliphatic carbocycles. The minimum absolute atomic E-state index is 0.000465. The number of ether oxygens (including phenoxy) is 1. The Balaban J connectivity index is 2.38. The van der Waals surface area contributed by atoms with Gasteiger partial charge in [0.15, 0.2) is 0 Å². The van der Waals surface area contributed by atoms with E-state index in [1.165, 1.54) is 19.2 Å². The minimum atomic E-state index is -0.522. The number of nitrogens with one attached hydrogen (secondary N) is 1. The van der Waals surface area contributed by atoms with Crippen molar-refractivity contribution in [2.24, 2.45) is 5.73 Å². The number of hydrogen-bond acceptors (Lipinski definition) is 3. The second-order valence-electron chi connectivity index (χ2n) is 4.14. The van der Waals surface area contributed by atoms with Gasteiger partial charge in [-0.3, -0.25) is 9.59 Å². The highest BCUT2D eigenvalue weighted by molar-refractivity contribution is 5.79. The van der Waals surface area contributed by atoms with Crippen LogP contribution < -0.4 is 11.1 Å². The van der Waals surface area contributed by atoms with E-state index in [4.69, 9.17) is 10.5 Å². The molecule has 0 heterocycles. The molecule has 2 amide bonds. The van der Waals surface area contributed by atoms with Gasteiger partial charge in [-0.05, 0) is 17.7 Å². The molecule has 0 bridgehead atoms. The second kappa shape index (κ2) is 7.48. The molecule has 0 saturated carbocycles. The highest BCUT2D eigenvalue weighted by Crippen LogP contribution is 2.04. The Kier molecular flexibility index (Phi) is 5.95. The first kappa shape index (κ1) is 15.1. The predicted molar refractivity (Wildman–Crippen MR) is 67.5 cm³/mol. The van der Waals surface area contributed by atoms with Crippen LogP contribution >= 0.6 is 0 Å². The Morgan fingerprint density at radius 2 is 1.95 bits per heavy atom. The van der Waals surface area contributed by atoms with E-state index >= 15 is 0 Å². The molecule has 1 aromatic carbocycles. The summed E-state index contributed by atoms with van der Waals surface area (Å²) in [7, 11) is 1.42. The van der Waals surface area contributed by atoms with Gasteiger partial charge < -0.3 is 15.8 Å². The predicted octanol–water partition coefficient (Wildman–Crippen LogP) is 0.722. The number of carbonyl (C=O) groups excluding carboxylic acids is 2. The van der Waals surface area contributed by atoms with Crippen molar-refractivity contribution in [3.8, 4) is 0 Å². The van der Waals surface area contributed by atoms with E-state index in [0.29, 0.717) is 6.54 Å². The lowest BCUT2D eigenvalue weighted by Crippen LogP contribution is -2.30. The van der Waals surface area contributed by atoms with Crippen molar-refractivity contribution in [1.82, 2.24) is 5.32 Å². The zero-order chi connectivity index (χ0) is 14.3. The summed E-state index contributed by atoms with van der Waals surface area (Å²) in [5.74, 6) is -1.09.